The van der Waals surface area contributed by atoms with Crippen LogP contribution in [0, 0.1) is 0 Å². The molecule has 0 atom stereocenters. The monoisotopic (exact) mass is 413 g/mol. The molecule has 5 aromatic rings. The first-order valence-electron chi connectivity index (χ1n) is 9.39. The van der Waals surface area contributed by atoms with Crippen LogP contribution in [0.3, 0.4) is 0 Å². The van der Waals surface area contributed by atoms with E-state index < -0.39 is 11.5 Å². The van der Waals surface area contributed by atoms with Crippen molar-refractivity contribution in [3.8, 4) is 17.3 Å². The standard InChI is InChI=1S/C22H15N5O4/c28-19(12-30-15-8-5-14-7-10-20(29)31-18(14)11-15)24-22-25-21(26-27-22)17-9-6-13-3-1-2-4-16(13)23-17/h1-11H,12H2,(H2,24,25,26,27,28). The van der Waals surface area contributed by atoms with Crippen molar-refractivity contribution < 1.29 is 13.9 Å². The van der Waals surface area contributed by atoms with Crippen molar-refractivity contribution in [1.29, 1.82) is 0 Å². The molecule has 152 valence electrons. The number of amides is 1. The number of pyridine rings is 1. The number of ether oxygens (including phenoxy) is 1. The Bertz CT molecular complexity index is 1470. The van der Waals surface area contributed by atoms with Crippen LogP contribution in [0.25, 0.3) is 33.4 Å². The lowest BCUT2D eigenvalue weighted by Gasteiger charge is -2.06. The number of rotatable bonds is 5. The van der Waals surface area contributed by atoms with Gasteiger partial charge in [-0.1, -0.05) is 24.3 Å². The van der Waals surface area contributed by atoms with E-state index in [1.807, 2.05) is 36.4 Å². The molecule has 0 aliphatic rings. The van der Waals surface area contributed by atoms with Gasteiger partial charge in [-0.3, -0.25) is 15.2 Å². The maximum Gasteiger partial charge on any atom is 0.336 e. The maximum atomic E-state index is 12.2. The number of para-hydroxylation sites is 1. The van der Waals surface area contributed by atoms with Crippen LogP contribution >= 0.6 is 0 Å². The molecule has 3 aromatic heterocycles. The van der Waals surface area contributed by atoms with E-state index in [0.717, 1.165) is 16.3 Å². The van der Waals surface area contributed by atoms with Gasteiger partial charge in [0.15, 0.2) is 12.4 Å². The Morgan fingerprint density at radius 3 is 2.77 bits per heavy atom. The van der Waals surface area contributed by atoms with E-state index in [9.17, 15) is 9.59 Å². The number of benzene rings is 2. The highest BCUT2D eigenvalue weighted by Gasteiger charge is 2.11. The minimum absolute atomic E-state index is 0.114. The molecule has 0 saturated carbocycles. The van der Waals surface area contributed by atoms with Crippen LogP contribution in [0.2, 0.25) is 0 Å². The van der Waals surface area contributed by atoms with Gasteiger partial charge in [-0.2, -0.15) is 4.98 Å². The molecule has 3 heterocycles. The van der Waals surface area contributed by atoms with Crippen molar-refractivity contribution in [2.75, 3.05) is 11.9 Å². The highest BCUT2D eigenvalue weighted by molar-refractivity contribution is 5.90. The molecule has 31 heavy (non-hydrogen) atoms. The molecule has 9 heteroatoms. The lowest BCUT2D eigenvalue weighted by molar-refractivity contribution is -0.118. The third kappa shape index (κ3) is 3.97. The first-order chi connectivity index (χ1) is 15.1. The summed E-state index contributed by atoms with van der Waals surface area (Å²) in [5.74, 6) is 0.509. The van der Waals surface area contributed by atoms with Crippen LogP contribution in [0.5, 0.6) is 5.75 Å². The molecule has 0 spiro atoms. The quantitative estimate of drug-likeness (QED) is 0.424. The highest BCUT2D eigenvalue weighted by Crippen LogP contribution is 2.20. The van der Waals surface area contributed by atoms with Gasteiger partial charge in [-0.05, 0) is 30.3 Å². The zero-order valence-corrected chi connectivity index (χ0v) is 16.0. The first-order valence-corrected chi connectivity index (χ1v) is 9.39. The smallest absolute Gasteiger partial charge is 0.336 e. The van der Waals surface area contributed by atoms with Gasteiger partial charge >= 0.3 is 5.63 Å². The Labute approximate surface area is 174 Å². The summed E-state index contributed by atoms with van der Waals surface area (Å²) in [7, 11) is 0. The Balaban J connectivity index is 1.24. The summed E-state index contributed by atoms with van der Waals surface area (Å²) in [6.07, 6.45) is 0. The minimum atomic E-state index is -0.455. The van der Waals surface area contributed by atoms with E-state index in [-0.39, 0.29) is 12.6 Å². The van der Waals surface area contributed by atoms with Crippen LogP contribution < -0.4 is 15.7 Å². The summed E-state index contributed by atoms with van der Waals surface area (Å²) in [4.78, 5) is 32.4. The normalized spacial score (nSPS) is 11.0. The van der Waals surface area contributed by atoms with E-state index in [1.165, 1.54) is 6.07 Å². The molecule has 2 N–H and O–H groups in total. The summed E-state index contributed by atoms with van der Waals surface area (Å²) >= 11 is 0. The fraction of sp³-hybridized carbons (Fsp3) is 0.0455. The average Bonchev–Trinajstić information content (AvgIpc) is 3.25. The van der Waals surface area contributed by atoms with Gasteiger partial charge in [0.2, 0.25) is 5.95 Å². The Hall–Kier alpha value is -4.53. The molecule has 0 fully saturated rings. The van der Waals surface area contributed by atoms with Gasteiger partial charge in [0.1, 0.15) is 17.0 Å². The van der Waals surface area contributed by atoms with Gasteiger partial charge in [-0.25, -0.2) is 9.78 Å². The van der Waals surface area contributed by atoms with Crippen LogP contribution in [0.1, 0.15) is 0 Å². The summed E-state index contributed by atoms with van der Waals surface area (Å²) in [5.41, 5.74) is 1.37. The Morgan fingerprint density at radius 1 is 1.00 bits per heavy atom. The van der Waals surface area contributed by atoms with Crippen LogP contribution in [-0.2, 0) is 4.79 Å². The van der Waals surface area contributed by atoms with Crippen molar-refractivity contribution >= 4 is 33.7 Å². The van der Waals surface area contributed by atoms with Crippen LogP contribution in [-0.4, -0.2) is 32.7 Å². The number of H-pyrrole nitrogens is 1. The summed E-state index contributed by atoms with van der Waals surface area (Å²) in [6, 6.07) is 19.5. The van der Waals surface area contributed by atoms with Crippen LogP contribution in [0.15, 0.2) is 75.9 Å². The van der Waals surface area contributed by atoms with E-state index in [2.05, 4.69) is 25.5 Å². The summed E-state index contributed by atoms with van der Waals surface area (Å²) < 4.78 is 10.6. The van der Waals surface area contributed by atoms with Crippen molar-refractivity contribution in [2.24, 2.45) is 0 Å². The highest BCUT2D eigenvalue weighted by atomic mass is 16.5. The number of carbonyl (C=O) groups excluding carboxylic acids is 1. The number of nitrogens with one attached hydrogen (secondary N) is 2. The van der Waals surface area contributed by atoms with Gasteiger partial charge in [0.25, 0.3) is 5.91 Å². The van der Waals surface area contributed by atoms with Crippen molar-refractivity contribution in [3.63, 3.8) is 0 Å². The molecule has 0 saturated heterocycles. The van der Waals surface area contributed by atoms with Gasteiger partial charge in [-0.15, -0.1) is 5.10 Å². The molecule has 0 unspecified atom stereocenters. The third-order valence-corrected chi connectivity index (χ3v) is 4.54. The largest absolute Gasteiger partial charge is 0.484 e. The van der Waals surface area contributed by atoms with Crippen molar-refractivity contribution in [1.82, 2.24) is 20.2 Å². The number of hydrogen-bond acceptors (Lipinski definition) is 7. The first kappa shape index (κ1) is 18.5. The predicted octanol–water partition coefficient (Wildman–Crippen LogP) is 3.14. The second kappa shape index (κ2) is 7.71. The number of aromatic amines is 1. The molecule has 2 aromatic carbocycles. The molecular formula is C22H15N5O4. The second-order valence-corrected chi connectivity index (χ2v) is 6.69. The molecule has 0 radical (unpaired) electrons. The van der Waals surface area contributed by atoms with Gasteiger partial charge in [0.05, 0.1) is 5.52 Å². The SMILES string of the molecule is O=C(COc1ccc2ccc(=O)oc2c1)Nc1n[nH]c(-c2ccc3ccccc3n2)n1. The topological polar surface area (TPSA) is 123 Å². The molecule has 0 aliphatic heterocycles. The van der Waals surface area contributed by atoms with Gasteiger partial charge < -0.3 is 9.15 Å². The average molecular weight is 413 g/mol. The maximum absolute atomic E-state index is 12.2. The predicted molar refractivity (Wildman–Crippen MR) is 114 cm³/mol. The Morgan fingerprint density at radius 2 is 1.84 bits per heavy atom. The number of aromatic nitrogens is 4. The molecule has 5 rings (SSSR count). The van der Waals surface area contributed by atoms with Crippen LogP contribution in [0.4, 0.5) is 5.95 Å². The molecule has 1 amide bonds. The number of fused-ring (bicyclic) bond motifs is 2. The Kier molecular flexibility index (Phi) is 4.60. The fourth-order valence-corrected chi connectivity index (χ4v) is 3.07. The lowest BCUT2D eigenvalue weighted by atomic mass is 10.2. The number of hydrogen-bond donors (Lipinski definition) is 2. The van der Waals surface area contributed by atoms with Crippen molar-refractivity contribution in [3.05, 3.63) is 77.2 Å². The number of carbonyl (C=O) groups is 1. The number of nitrogens with zero attached hydrogens (tertiary/aromatic N) is 3. The van der Waals surface area contributed by atoms with E-state index in [0.29, 0.717) is 22.9 Å². The number of anilines is 1. The zero-order chi connectivity index (χ0) is 21.2. The third-order valence-electron chi connectivity index (χ3n) is 4.54. The lowest BCUT2D eigenvalue weighted by Crippen LogP contribution is -2.20. The van der Waals surface area contributed by atoms with Gasteiger partial charge in [0, 0.05) is 22.9 Å². The molecule has 9 nitrogen and oxygen atoms in total. The van der Waals surface area contributed by atoms with Crippen molar-refractivity contribution in [2.45, 2.75) is 0 Å². The molecule has 0 bridgehead atoms. The second-order valence-electron chi connectivity index (χ2n) is 6.69. The fourth-order valence-electron chi connectivity index (χ4n) is 3.07. The summed E-state index contributed by atoms with van der Waals surface area (Å²) in [6.45, 7) is -0.263. The van der Waals surface area contributed by atoms with E-state index in [1.54, 1.807) is 24.3 Å². The van der Waals surface area contributed by atoms with E-state index in [4.69, 9.17) is 9.15 Å². The molecular weight excluding hydrogens is 398 g/mol. The summed E-state index contributed by atoms with van der Waals surface area (Å²) in [5, 5.41) is 11.1. The minimum Gasteiger partial charge on any atom is -0.484 e. The van der Waals surface area contributed by atoms with E-state index >= 15 is 0 Å². The molecule has 0 aliphatic carbocycles. The zero-order valence-electron chi connectivity index (χ0n) is 16.0.